The number of pyridine rings is 1. The molecule has 0 spiro atoms. The highest BCUT2D eigenvalue weighted by molar-refractivity contribution is 7.89. The van der Waals surface area contributed by atoms with Gasteiger partial charge in [-0.2, -0.15) is 0 Å². The minimum atomic E-state index is -3.78. The predicted molar refractivity (Wildman–Crippen MR) is 75.9 cm³/mol. The molecule has 0 aliphatic rings. The zero-order chi connectivity index (χ0) is 15.5. The Kier molecular flexibility index (Phi) is 4.54. The number of nitrogens with zero attached hydrogens (tertiary/aromatic N) is 1. The van der Waals surface area contributed by atoms with Gasteiger partial charge < -0.3 is 4.74 Å². The average Bonchev–Trinajstić information content (AvgIpc) is 2.47. The van der Waals surface area contributed by atoms with Gasteiger partial charge in [0, 0.05) is 18.0 Å². The highest BCUT2D eigenvalue weighted by Crippen LogP contribution is 2.28. The molecule has 112 valence electrons. The molecule has 0 saturated heterocycles. The molecule has 1 atom stereocenters. The van der Waals surface area contributed by atoms with E-state index in [2.05, 4.69) is 9.71 Å². The summed E-state index contributed by atoms with van der Waals surface area (Å²) in [5, 5.41) is 0. The quantitative estimate of drug-likeness (QED) is 0.920. The van der Waals surface area contributed by atoms with Crippen molar-refractivity contribution in [1.82, 2.24) is 9.71 Å². The first-order valence-electron chi connectivity index (χ1n) is 6.20. The van der Waals surface area contributed by atoms with Crippen molar-refractivity contribution in [3.8, 4) is 5.75 Å². The second-order valence-electron chi connectivity index (χ2n) is 4.39. The fraction of sp³-hybridized carbons (Fsp3) is 0.214. The number of hydrogen-bond donors (Lipinski definition) is 1. The van der Waals surface area contributed by atoms with E-state index in [0.29, 0.717) is 0 Å². The lowest BCUT2D eigenvalue weighted by Gasteiger charge is -2.18. The average molecular weight is 310 g/mol. The third-order valence-electron chi connectivity index (χ3n) is 2.94. The van der Waals surface area contributed by atoms with Gasteiger partial charge in [0.1, 0.15) is 16.5 Å². The Morgan fingerprint density at radius 1 is 1.29 bits per heavy atom. The van der Waals surface area contributed by atoms with Crippen molar-refractivity contribution in [2.45, 2.75) is 17.9 Å². The van der Waals surface area contributed by atoms with E-state index < -0.39 is 21.9 Å². The lowest BCUT2D eigenvalue weighted by Crippen LogP contribution is -2.27. The molecule has 1 heterocycles. The molecular formula is C14H15FN2O3S. The standard InChI is InChI=1S/C14H15FN2O3S/c1-10(14-12(15)6-3-7-13(14)20-2)17-21(18,19)11-5-4-8-16-9-11/h3-10,17H,1-2H3/t10-/m1/s1. The second-order valence-corrected chi connectivity index (χ2v) is 6.10. The molecule has 0 radical (unpaired) electrons. The van der Waals surface area contributed by atoms with E-state index in [1.165, 1.54) is 43.8 Å². The van der Waals surface area contributed by atoms with Gasteiger partial charge in [0.2, 0.25) is 10.0 Å². The topological polar surface area (TPSA) is 68.3 Å². The predicted octanol–water partition coefficient (Wildman–Crippen LogP) is 2.27. The van der Waals surface area contributed by atoms with Crippen LogP contribution in [0.2, 0.25) is 0 Å². The highest BCUT2D eigenvalue weighted by atomic mass is 32.2. The Labute approximate surface area is 122 Å². The number of benzene rings is 1. The number of sulfonamides is 1. The van der Waals surface area contributed by atoms with Crippen molar-refractivity contribution in [2.75, 3.05) is 7.11 Å². The fourth-order valence-corrected chi connectivity index (χ4v) is 3.16. The number of ether oxygens (including phenoxy) is 1. The third kappa shape index (κ3) is 3.37. The van der Waals surface area contributed by atoms with Crippen LogP contribution in [0.15, 0.2) is 47.6 Å². The van der Waals surface area contributed by atoms with E-state index in [9.17, 15) is 12.8 Å². The van der Waals surface area contributed by atoms with Crippen LogP contribution >= 0.6 is 0 Å². The van der Waals surface area contributed by atoms with Gasteiger partial charge >= 0.3 is 0 Å². The van der Waals surface area contributed by atoms with E-state index in [1.807, 2.05) is 0 Å². The maximum absolute atomic E-state index is 13.9. The molecule has 0 unspecified atom stereocenters. The van der Waals surface area contributed by atoms with Crippen LogP contribution < -0.4 is 9.46 Å². The third-order valence-corrected chi connectivity index (χ3v) is 4.47. The van der Waals surface area contributed by atoms with Gasteiger partial charge in [-0.05, 0) is 31.2 Å². The molecule has 2 rings (SSSR count). The maximum atomic E-state index is 13.9. The zero-order valence-electron chi connectivity index (χ0n) is 11.6. The molecule has 2 aromatic rings. The molecule has 0 bridgehead atoms. The van der Waals surface area contributed by atoms with E-state index in [1.54, 1.807) is 13.0 Å². The Balaban J connectivity index is 2.33. The van der Waals surface area contributed by atoms with Crippen LogP contribution in [-0.4, -0.2) is 20.5 Å². The zero-order valence-corrected chi connectivity index (χ0v) is 12.4. The first kappa shape index (κ1) is 15.4. The van der Waals surface area contributed by atoms with Crippen LogP contribution in [-0.2, 0) is 10.0 Å². The normalized spacial score (nSPS) is 12.9. The summed E-state index contributed by atoms with van der Waals surface area (Å²) in [7, 11) is -2.38. The molecule has 0 aliphatic heterocycles. The van der Waals surface area contributed by atoms with Crippen molar-refractivity contribution in [1.29, 1.82) is 0 Å². The minimum absolute atomic E-state index is 0.0205. The van der Waals surface area contributed by atoms with Gasteiger partial charge in [0.25, 0.3) is 0 Å². The van der Waals surface area contributed by atoms with Crippen LogP contribution in [0.1, 0.15) is 18.5 Å². The Morgan fingerprint density at radius 3 is 2.67 bits per heavy atom. The van der Waals surface area contributed by atoms with Crippen LogP contribution in [0.4, 0.5) is 4.39 Å². The van der Waals surface area contributed by atoms with Crippen LogP contribution in [0.25, 0.3) is 0 Å². The minimum Gasteiger partial charge on any atom is -0.496 e. The molecule has 0 fully saturated rings. The van der Waals surface area contributed by atoms with Crippen molar-refractivity contribution in [2.24, 2.45) is 0 Å². The molecular weight excluding hydrogens is 295 g/mol. The summed E-state index contributed by atoms with van der Waals surface area (Å²) in [6.45, 7) is 1.55. The largest absolute Gasteiger partial charge is 0.496 e. The van der Waals surface area contributed by atoms with Gasteiger partial charge in [-0.1, -0.05) is 6.07 Å². The van der Waals surface area contributed by atoms with E-state index >= 15 is 0 Å². The van der Waals surface area contributed by atoms with Crippen LogP contribution in [0.5, 0.6) is 5.75 Å². The summed E-state index contributed by atoms with van der Waals surface area (Å²) in [4.78, 5) is 3.78. The number of hydrogen-bond acceptors (Lipinski definition) is 4. The Morgan fingerprint density at radius 2 is 2.05 bits per heavy atom. The highest BCUT2D eigenvalue weighted by Gasteiger charge is 2.23. The van der Waals surface area contributed by atoms with Gasteiger partial charge in [-0.3, -0.25) is 4.98 Å². The monoisotopic (exact) mass is 310 g/mol. The van der Waals surface area contributed by atoms with E-state index in [4.69, 9.17) is 4.74 Å². The smallest absolute Gasteiger partial charge is 0.242 e. The first-order valence-corrected chi connectivity index (χ1v) is 7.69. The summed E-state index contributed by atoms with van der Waals surface area (Å²) in [5.74, 6) is -0.243. The lowest BCUT2D eigenvalue weighted by atomic mass is 10.1. The van der Waals surface area contributed by atoms with Crippen LogP contribution in [0, 0.1) is 5.82 Å². The summed E-state index contributed by atoms with van der Waals surface area (Å²) in [6, 6.07) is 6.48. The van der Waals surface area contributed by atoms with Gasteiger partial charge in [-0.25, -0.2) is 17.5 Å². The molecule has 1 aromatic carbocycles. The molecule has 0 aliphatic carbocycles. The molecule has 1 aromatic heterocycles. The molecule has 21 heavy (non-hydrogen) atoms. The van der Waals surface area contributed by atoms with Crippen molar-refractivity contribution in [3.05, 3.63) is 54.1 Å². The lowest BCUT2D eigenvalue weighted by molar-refractivity contribution is 0.398. The van der Waals surface area contributed by atoms with Gasteiger partial charge in [-0.15, -0.1) is 0 Å². The van der Waals surface area contributed by atoms with Crippen molar-refractivity contribution < 1.29 is 17.5 Å². The maximum Gasteiger partial charge on any atom is 0.242 e. The number of aromatic nitrogens is 1. The van der Waals surface area contributed by atoms with Gasteiger partial charge in [0.15, 0.2) is 0 Å². The summed E-state index contributed by atoms with van der Waals surface area (Å²) < 4.78 is 45.9. The summed E-state index contributed by atoms with van der Waals surface area (Å²) >= 11 is 0. The van der Waals surface area contributed by atoms with Crippen molar-refractivity contribution >= 4 is 10.0 Å². The van der Waals surface area contributed by atoms with Crippen LogP contribution in [0.3, 0.4) is 0 Å². The number of rotatable bonds is 5. The van der Waals surface area contributed by atoms with Crippen molar-refractivity contribution in [3.63, 3.8) is 0 Å². The van der Waals surface area contributed by atoms with E-state index in [0.717, 1.165) is 0 Å². The molecule has 5 nitrogen and oxygen atoms in total. The summed E-state index contributed by atoms with van der Waals surface area (Å²) in [5.41, 5.74) is 0.160. The number of nitrogens with one attached hydrogen (secondary N) is 1. The molecule has 0 saturated carbocycles. The summed E-state index contributed by atoms with van der Waals surface area (Å²) in [6.07, 6.45) is 2.70. The second kappa shape index (κ2) is 6.19. The molecule has 7 heteroatoms. The molecule has 0 amide bonds. The Bertz CT molecular complexity index is 720. The molecule has 1 N–H and O–H groups in total. The SMILES string of the molecule is COc1cccc(F)c1[C@@H](C)NS(=O)(=O)c1cccnc1. The number of halogens is 1. The first-order chi connectivity index (χ1) is 9.95. The Hall–Kier alpha value is -1.99. The van der Waals surface area contributed by atoms with E-state index in [-0.39, 0.29) is 16.2 Å². The fourth-order valence-electron chi connectivity index (χ4n) is 1.98. The number of methoxy groups -OCH3 is 1. The van der Waals surface area contributed by atoms with Gasteiger partial charge in [0.05, 0.1) is 13.2 Å².